The monoisotopic (exact) mass is 446 g/mol. The molecule has 2 unspecified atom stereocenters. The molecule has 8 nitrogen and oxygen atoms in total. The van der Waals surface area contributed by atoms with Gasteiger partial charge >= 0.3 is 0 Å². The quantitative estimate of drug-likeness (QED) is 0.689. The molecule has 4 amide bonds. The van der Waals surface area contributed by atoms with Crippen LogP contribution in [0.3, 0.4) is 0 Å². The van der Waals surface area contributed by atoms with Crippen LogP contribution in [0, 0.1) is 0 Å². The lowest BCUT2D eigenvalue weighted by Gasteiger charge is -2.29. The zero-order valence-corrected chi connectivity index (χ0v) is 18.5. The Hall–Kier alpha value is -3.36. The molecule has 2 atom stereocenters. The van der Waals surface area contributed by atoms with Crippen LogP contribution in [-0.2, 0) is 22.6 Å². The molecule has 0 spiro atoms. The molecule has 5 rings (SSSR count). The zero-order valence-electron chi connectivity index (χ0n) is 18.5. The van der Waals surface area contributed by atoms with Crippen LogP contribution in [0.2, 0.25) is 0 Å². The highest BCUT2D eigenvalue weighted by molar-refractivity contribution is 6.23. The van der Waals surface area contributed by atoms with Crippen molar-refractivity contribution in [2.45, 2.75) is 37.9 Å². The van der Waals surface area contributed by atoms with E-state index in [-0.39, 0.29) is 24.8 Å². The third kappa shape index (κ3) is 3.85. The summed E-state index contributed by atoms with van der Waals surface area (Å²) in [6.07, 6.45) is 1.25. The summed E-state index contributed by atoms with van der Waals surface area (Å²) in [6, 6.07) is 13.0. The van der Waals surface area contributed by atoms with Gasteiger partial charge < -0.3 is 5.32 Å². The fraction of sp³-hybridized carbons (Fsp3) is 0.360. The first-order valence-electron chi connectivity index (χ1n) is 11.3. The molecule has 2 aromatic rings. The highest BCUT2D eigenvalue weighted by atomic mass is 16.2. The molecule has 0 aromatic heterocycles. The van der Waals surface area contributed by atoms with E-state index in [1.54, 1.807) is 12.1 Å². The number of carbonyl (C=O) groups is 4. The highest BCUT2D eigenvalue weighted by Crippen LogP contribution is 2.30. The normalized spacial score (nSPS) is 22.8. The topological polar surface area (TPSA) is 98.8 Å². The van der Waals surface area contributed by atoms with Crippen molar-refractivity contribution in [2.24, 2.45) is 0 Å². The Morgan fingerprint density at radius 3 is 2.61 bits per heavy atom. The van der Waals surface area contributed by atoms with Gasteiger partial charge in [-0.05, 0) is 55.3 Å². The summed E-state index contributed by atoms with van der Waals surface area (Å²) in [5.74, 6) is -1.94. The van der Waals surface area contributed by atoms with Gasteiger partial charge in [0.15, 0.2) is 0 Å². The largest absolute Gasteiger partial charge is 0.314 e. The maximum atomic E-state index is 13.1. The average Bonchev–Trinajstić information content (AvgIpc) is 2.94. The van der Waals surface area contributed by atoms with Crippen molar-refractivity contribution in [1.29, 1.82) is 0 Å². The van der Waals surface area contributed by atoms with Crippen LogP contribution < -0.4 is 10.6 Å². The summed E-state index contributed by atoms with van der Waals surface area (Å²) in [5.41, 5.74) is 4.19. The minimum Gasteiger partial charge on any atom is -0.314 e. The predicted molar refractivity (Wildman–Crippen MR) is 120 cm³/mol. The van der Waals surface area contributed by atoms with Crippen molar-refractivity contribution in [3.05, 3.63) is 70.3 Å². The molecule has 1 saturated heterocycles. The van der Waals surface area contributed by atoms with Gasteiger partial charge in [-0.25, -0.2) is 0 Å². The van der Waals surface area contributed by atoms with Crippen LogP contribution in [0.4, 0.5) is 0 Å². The van der Waals surface area contributed by atoms with E-state index >= 15 is 0 Å². The first kappa shape index (κ1) is 21.5. The van der Waals surface area contributed by atoms with Crippen LogP contribution in [-0.4, -0.2) is 59.6 Å². The summed E-state index contributed by atoms with van der Waals surface area (Å²) < 4.78 is 0. The first-order chi connectivity index (χ1) is 15.9. The molecule has 2 aromatic carbocycles. The standard InChI is InChI=1S/C25H26N4O4/c1-28(21-13-26-11-10-16-4-2-3-5-17(16)21)14-15-6-7-18-19(12-15)25(33)29(24(18)32)20-8-9-22(30)27-23(20)31/h2-7,12,20-21,26H,8-11,13-14H2,1H3,(H,27,30,31). The number of imide groups is 2. The van der Waals surface area contributed by atoms with E-state index in [0.717, 1.165) is 30.0 Å². The molecule has 3 aliphatic heterocycles. The van der Waals surface area contributed by atoms with Crippen LogP contribution in [0.1, 0.15) is 56.3 Å². The van der Waals surface area contributed by atoms with Crippen molar-refractivity contribution in [3.63, 3.8) is 0 Å². The Balaban J connectivity index is 1.37. The van der Waals surface area contributed by atoms with E-state index in [4.69, 9.17) is 0 Å². The van der Waals surface area contributed by atoms with E-state index in [1.807, 2.05) is 6.07 Å². The van der Waals surface area contributed by atoms with Gasteiger partial charge in [-0.3, -0.25) is 34.3 Å². The van der Waals surface area contributed by atoms with Gasteiger partial charge in [0.2, 0.25) is 11.8 Å². The molecule has 0 aliphatic carbocycles. The summed E-state index contributed by atoms with van der Waals surface area (Å²) in [7, 11) is 2.06. The van der Waals surface area contributed by atoms with Crippen LogP contribution in [0.5, 0.6) is 0 Å². The number of fused-ring (bicyclic) bond motifs is 2. The molecule has 170 valence electrons. The number of amides is 4. The predicted octanol–water partition coefficient (Wildman–Crippen LogP) is 1.41. The third-order valence-electron chi connectivity index (χ3n) is 6.79. The highest BCUT2D eigenvalue weighted by Gasteiger charge is 2.44. The van der Waals surface area contributed by atoms with Gasteiger partial charge in [0.25, 0.3) is 11.8 Å². The zero-order chi connectivity index (χ0) is 23.1. The molecule has 1 fully saturated rings. The van der Waals surface area contributed by atoms with E-state index in [1.165, 1.54) is 11.1 Å². The number of hydrogen-bond donors (Lipinski definition) is 2. The Morgan fingerprint density at radius 2 is 1.79 bits per heavy atom. The van der Waals surface area contributed by atoms with E-state index in [0.29, 0.717) is 17.7 Å². The van der Waals surface area contributed by atoms with Crippen LogP contribution >= 0.6 is 0 Å². The second kappa shape index (κ2) is 8.53. The smallest absolute Gasteiger partial charge is 0.262 e. The molecule has 0 radical (unpaired) electrons. The molecule has 3 aliphatic rings. The number of rotatable bonds is 4. The summed E-state index contributed by atoms with van der Waals surface area (Å²) in [5, 5.41) is 5.73. The molecular weight excluding hydrogens is 420 g/mol. The molecular formula is C25H26N4O4. The molecule has 0 saturated carbocycles. The Bertz CT molecular complexity index is 1160. The van der Waals surface area contributed by atoms with Crippen LogP contribution in [0.15, 0.2) is 42.5 Å². The SMILES string of the molecule is CN(Cc1ccc2c(c1)C(=O)N(C1CCC(=O)NC1=O)C2=O)C1CNCCc2ccccc21. The summed E-state index contributed by atoms with van der Waals surface area (Å²) >= 11 is 0. The van der Waals surface area contributed by atoms with Gasteiger partial charge in [0.1, 0.15) is 6.04 Å². The third-order valence-corrected chi connectivity index (χ3v) is 6.79. The Kier molecular flexibility index (Phi) is 5.55. The number of piperidine rings is 1. The van der Waals surface area contributed by atoms with Gasteiger partial charge in [-0.15, -0.1) is 0 Å². The van der Waals surface area contributed by atoms with Crippen molar-refractivity contribution in [2.75, 3.05) is 20.1 Å². The van der Waals surface area contributed by atoms with Crippen molar-refractivity contribution < 1.29 is 19.2 Å². The number of carbonyl (C=O) groups excluding carboxylic acids is 4. The fourth-order valence-corrected chi connectivity index (χ4v) is 5.07. The minimum absolute atomic E-state index is 0.108. The lowest BCUT2D eigenvalue weighted by molar-refractivity contribution is -0.136. The molecule has 33 heavy (non-hydrogen) atoms. The number of benzene rings is 2. The minimum atomic E-state index is -0.949. The Morgan fingerprint density at radius 1 is 1.00 bits per heavy atom. The summed E-state index contributed by atoms with van der Waals surface area (Å²) in [6.45, 7) is 2.37. The maximum Gasteiger partial charge on any atom is 0.262 e. The number of nitrogens with one attached hydrogen (secondary N) is 2. The van der Waals surface area contributed by atoms with E-state index < -0.39 is 23.8 Å². The number of likely N-dealkylation sites (N-methyl/N-ethyl adjacent to an activating group) is 1. The van der Waals surface area contributed by atoms with Crippen molar-refractivity contribution in [3.8, 4) is 0 Å². The fourth-order valence-electron chi connectivity index (χ4n) is 5.07. The van der Waals surface area contributed by atoms with Gasteiger partial charge in [0, 0.05) is 25.6 Å². The number of hydrogen-bond acceptors (Lipinski definition) is 6. The number of nitrogens with zero attached hydrogens (tertiary/aromatic N) is 2. The Labute approximate surface area is 191 Å². The maximum absolute atomic E-state index is 13.1. The van der Waals surface area contributed by atoms with E-state index in [2.05, 4.69) is 46.8 Å². The average molecular weight is 447 g/mol. The van der Waals surface area contributed by atoms with Crippen molar-refractivity contribution >= 4 is 23.6 Å². The van der Waals surface area contributed by atoms with Gasteiger partial charge in [-0.2, -0.15) is 0 Å². The van der Waals surface area contributed by atoms with Gasteiger partial charge in [-0.1, -0.05) is 30.3 Å². The lowest BCUT2D eigenvalue weighted by atomic mass is 9.98. The van der Waals surface area contributed by atoms with Gasteiger partial charge in [0.05, 0.1) is 11.1 Å². The second-order valence-electron chi connectivity index (χ2n) is 8.91. The first-order valence-corrected chi connectivity index (χ1v) is 11.3. The lowest BCUT2D eigenvalue weighted by Crippen LogP contribution is -2.54. The molecule has 8 heteroatoms. The van der Waals surface area contributed by atoms with Crippen LogP contribution in [0.25, 0.3) is 0 Å². The van der Waals surface area contributed by atoms with E-state index in [9.17, 15) is 19.2 Å². The molecule has 2 N–H and O–H groups in total. The molecule has 3 heterocycles. The van der Waals surface area contributed by atoms with Crippen molar-refractivity contribution in [1.82, 2.24) is 20.4 Å². The molecule has 0 bridgehead atoms. The second-order valence-corrected chi connectivity index (χ2v) is 8.91. The summed E-state index contributed by atoms with van der Waals surface area (Å²) in [4.78, 5) is 53.0.